The first kappa shape index (κ1) is 13.6. The molecule has 0 aliphatic rings. The highest BCUT2D eigenvalue weighted by molar-refractivity contribution is 7.15. The van der Waals surface area contributed by atoms with Gasteiger partial charge in [0.2, 0.25) is 0 Å². The molecular weight excluding hydrogens is 290 g/mol. The first-order valence-electron chi connectivity index (χ1n) is 6.57. The van der Waals surface area contributed by atoms with E-state index < -0.39 is 0 Å². The fourth-order valence-corrected chi connectivity index (χ4v) is 3.28. The fourth-order valence-electron chi connectivity index (χ4n) is 2.35. The van der Waals surface area contributed by atoms with Crippen LogP contribution in [0.1, 0.15) is 11.3 Å². The second-order valence-corrected chi connectivity index (χ2v) is 6.16. The number of hydrogen-bond donors (Lipinski definition) is 1. The molecule has 3 rings (SSSR count). The molecule has 0 bridgehead atoms. The number of imidazole rings is 1. The molecule has 0 aliphatic carbocycles. The zero-order chi connectivity index (χ0) is 13.9. The number of benzene rings is 1. The van der Waals surface area contributed by atoms with Crippen LogP contribution >= 0.6 is 22.9 Å². The van der Waals surface area contributed by atoms with Crippen molar-refractivity contribution in [3.05, 3.63) is 58.3 Å². The average Bonchev–Trinajstić information content (AvgIpc) is 2.98. The zero-order valence-electron chi connectivity index (χ0n) is 11.2. The number of fused-ring (bicyclic) bond motifs is 1. The highest BCUT2D eigenvalue weighted by Gasteiger charge is 2.11. The van der Waals surface area contributed by atoms with E-state index in [1.165, 1.54) is 5.56 Å². The van der Waals surface area contributed by atoms with Crippen LogP contribution in [0.2, 0.25) is 5.02 Å². The first-order chi connectivity index (χ1) is 9.74. The van der Waals surface area contributed by atoms with Crippen LogP contribution < -0.4 is 5.32 Å². The lowest BCUT2D eigenvalue weighted by Gasteiger charge is -2.15. The van der Waals surface area contributed by atoms with Crippen LogP contribution in [-0.4, -0.2) is 22.5 Å². The van der Waals surface area contributed by atoms with Gasteiger partial charge in [0.1, 0.15) is 0 Å². The number of thiazole rings is 1. The SMILES string of the molecule is CNC(Cc1cccc(Cl)c1)Cc1cn2ccsc2n1. The van der Waals surface area contributed by atoms with E-state index in [0.717, 1.165) is 28.5 Å². The standard InChI is InChI=1S/C15H16ClN3S/c1-17-13(8-11-3-2-4-12(16)7-11)9-14-10-19-5-6-20-15(19)18-14/h2-7,10,13,17H,8-9H2,1H3. The Labute approximate surface area is 127 Å². The minimum absolute atomic E-state index is 0.359. The molecule has 104 valence electrons. The second kappa shape index (κ2) is 5.95. The van der Waals surface area contributed by atoms with Crippen molar-refractivity contribution >= 4 is 27.9 Å². The average molecular weight is 306 g/mol. The smallest absolute Gasteiger partial charge is 0.193 e. The maximum atomic E-state index is 6.04. The summed E-state index contributed by atoms with van der Waals surface area (Å²) in [4.78, 5) is 5.69. The van der Waals surface area contributed by atoms with Gasteiger partial charge in [-0.1, -0.05) is 23.7 Å². The molecule has 0 fully saturated rings. The van der Waals surface area contributed by atoms with Gasteiger partial charge in [-0.25, -0.2) is 4.98 Å². The Hall–Kier alpha value is -1.36. The highest BCUT2D eigenvalue weighted by atomic mass is 35.5. The molecule has 20 heavy (non-hydrogen) atoms. The predicted molar refractivity (Wildman–Crippen MR) is 84.8 cm³/mol. The van der Waals surface area contributed by atoms with E-state index in [4.69, 9.17) is 11.6 Å². The number of hydrogen-bond acceptors (Lipinski definition) is 3. The van der Waals surface area contributed by atoms with Gasteiger partial charge in [0, 0.05) is 35.3 Å². The maximum Gasteiger partial charge on any atom is 0.193 e. The lowest BCUT2D eigenvalue weighted by molar-refractivity contribution is 0.551. The van der Waals surface area contributed by atoms with Gasteiger partial charge in [-0.3, -0.25) is 4.40 Å². The molecule has 3 nitrogen and oxygen atoms in total. The van der Waals surface area contributed by atoms with Crippen molar-refractivity contribution in [2.24, 2.45) is 0 Å². The summed E-state index contributed by atoms with van der Waals surface area (Å²) in [6.07, 6.45) is 6.01. The van der Waals surface area contributed by atoms with E-state index in [1.807, 2.05) is 36.8 Å². The summed E-state index contributed by atoms with van der Waals surface area (Å²) in [5, 5.41) is 6.21. The van der Waals surface area contributed by atoms with Gasteiger partial charge in [0.15, 0.2) is 4.96 Å². The summed E-state index contributed by atoms with van der Waals surface area (Å²) in [6.45, 7) is 0. The van der Waals surface area contributed by atoms with E-state index in [1.54, 1.807) is 11.3 Å². The predicted octanol–water partition coefficient (Wildman–Crippen LogP) is 3.42. The van der Waals surface area contributed by atoms with E-state index in [-0.39, 0.29) is 0 Å². The van der Waals surface area contributed by atoms with Gasteiger partial charge >= 0.3 is 0 Å². The van der Waals surface area contributed by atoms with Gasteiger partial charge in [0.05, 0.1) is 5.69 Å². The third-order valence-electron chi connectivity index (χ3n) is 3.38. The summed E-state index contributed by atoms with van der Waals surface area (Å²) < 4.78 is 2.08. The van der Waals surface area contributed by atoms with Crippen LogP contribution in [0.15, 0.2) is 42.0 Å². The largest absolute Gasteiger partial charge is 0.316 e. The quantitative estimate of drug-likeness (QED) is 0.782. The summed E-state index contributed by atoms with van der Waals surface area (Å²) in [7, 11) is 1.99. The molecule has 5 heteroatoms. The van der Waals surface area contributed by atoms with E-state index in [0.29, 0.717) is 6.04 Å². The van der Waals surface area contributed by atoms with Crippen molar-refractivity contribution in [1.29, 1.82) is 0 Å². The van der Waals surface area contributed by atoms with Crippen molar-refractivity contribution < 1.29 is 0 Å². The maximum absolute atomic E-state index is 6.04. The Morgan fingerprint density at radius 2 is 2.30 bits per heavy atom. The summed E-state index contributed by atoms with van der Waals surface area (Å²) in [5.74, 6) is 0. The van der Waals surface area contributed by atoms with Gasteiger partial charge in [-0.15, -0.1) is 11.3 Å². The van der Waals surface area contributed by atoms with Crippen LogP contribution in [0, 0.1) is 0 Å². The normalized spacial score (nSPS) is 12.9. The van der Waals surface area contributed by atoms with Crippen LogP contribution in [0.25, 0.3) is 4.96 Å². The molecule has 0 radical (unpaired) electrons. The van der Waals surface area contributed by atoms with Crippen molar-refractivity contribution in [3.8, 4) is 0 Å². The van der Waals surface area contributed by atoms with Gasteiger partial charge in [0.25, 0.3) is 0 Å². The van der Waals surface area contributed by atoms with Gasteiger partial charge < -0.3 is 5.32 Å². The molecule has 0 amide bonds. The molecule has 2 aromatic heterocycles. The van der Waals surface area contributed by atoms with Crippen molar-refractivity contribution in [2.75, 3.05) is 7.05 Å². The van der Waals surface area contributed by atoms with E-state index in [2.05, 4.69) is 27.0 Å². The first-order valence-corrected chi connectivity index (χ1v) is 7.83. The van der Waals surface area contributed by atoms with Crippen molar-refractivity contribution in [2.45, 2.75) is 18.9 Å². The fraction of sp³-hybridized carbons (Fsp3) is 0.267. The molecule has 1 unspecified atom stereocenters. The Balaban J connectivity index is 1.72. The molecule has 0 saturated heterocycles. The molecule has 1 aromatic carbocycles. The molecule has 2 heterocycles. The molecule has 1 N–H and O–H groups in total. The number of halogens is 1. The Morgan fingerprint density at radius 1 is 1.40 bits per heavy atom. The lowest BCUT2D eigenvalue weighted by Crippen LogP contribution is -2.30. The monoisotopic (exact) mass is 305 g/mol. The molecular formula is C15H16ClN3S. The number of rotatable bonds is 5. The molecule has 1 atom stereocenters. The molecule has 0 saturated carbocycles. The van der Waals surface area contributed by atoms with Crippen LogP contribution in [0.3, 0.4) is 0 Å². The van der Waals surface area contributed by atoms with Crippen LogP contribution in [0.5, 0.6) is 0 Å². The minimum Gasteiger partial charge on any atom is -0.316 e. The number of likely N-dealkylation sites (N-methyl/N-ethyl adjacent to an activating group) is 1. The van der Waals surface area contributed by atoms with Crippen molar-refractivity contribution in [3.63, 3.8) is 0 Å². The Kier molecular flexibility index (Phi) is 4.05. The molecule has 3 aromatic rings. The van der Waals surface area contributed by atoms with E-state index >= 15 is 0 Å². The van der Waals surface area contributed by atoms with Gasteiger partial charge in [-0.2, -0.15) is 0 Å². The lowest BCUT2D eigenvalue weighted by atomic mass is 10.0. The summed E-state index contributed by atoms with van der Waals surface area (Å²) >= 11 is 7.70. The number of nitrogens with one attached hydrogen (secondary N) is 1. The number of nitrogens with zero attached hydrogens (tertiary/aromatic N) is 2. The third-order valence-corrected chi connectivity index (χ3v) is 4.38. The topological polar surface area (TPSA) is 29.3 Å². The summed E-state index contributed by atoms with van der Waals surface area (Å²) in [5.41, 5.74) is 2.37. The highest BCUT2D eigenvalue weighted by Crippen LogP contribution is 2.16. The Morgan fingerprint density at radius 3 is 3.05 bits per heavy atom. The van der Waals surface area contributed by atoms with E-state index in [9.17, 15) is 0 Å². The van der Waals surface area contributed by atoms with Gasteiger partial charge in [-0.05, 0) is 31.2 Å². The molecule has 0 aliphatic heterocycles. The number of aromatic nitrogens is 2. The molecule has 0 spiro atoms. The second-order valence-electron chi connectivity index (χ2n) is 4.85. The minimum atomic E-state index is 0.359. The summed E-state index contributed by atoms with van der Waals surface area (Å²) in [6, 6.07) is 8.40. The van der Waals surface area contributed by atoms with Crippen molar-refractivity contribution in [1.82, 2.24) is 14.7 Å². The zero-order valence-corrected chi connectivity index (χ0v) is 12.8. The third kappa shape index (κ3) is 3.03. The Bertz CT molecular complexity index is 675. The van der Waals surface area contributed by atoms with Crippen LogP contribution in [0.4, 0.5) is 0 Å². The van der Waals surface area contributed by atoms with Crippen LogP contribution in [-0.2, 0) is 12.8 Å².